The number of aromatic amines is 2. The van der Waals surface area contributed by atoms with Crippen molar-refractivity contribution >= 4 is 56.5 Å². The third-order valence-corrected chi connectivity index (χ3v) is 15.2. The van der Waals surface area contributed by atoms with E-state index in [1.165, 1.54) is 19.2 Å². The van der Waals surface area contributed by atoms with Crippen LogP contribution in [-0.4, -0.2) is 118 Å². The van der Waals surface area contributed by atoms with Gasteiger partial charge in [-0.15, -0.1) is 0 Å². The van der Waals surface area contributed by atoms with Crippen LogP contribution in [0.2, 0.25) is 5.02 Å². The van der Waals surface area contributed by atoms with Crippen molar-refractivity contribution in [3.8, 4) is 0 Å². The molecule has 4 fully saturated rings. The molecular formula is C51H55ClF3N11O4. The summed E-state index contributed by atoms with van der Waals surface area (Å²) in [4.78, 5) is 79.7. The molecule has 0 radical (unpaired) electrons. The zero-order valence-corrected chi connectivity index (χ0v) is 39.6. The predicted octanol–water partition coefficient (Wildman–Crippen LogP) is 6.82. The fourth-order valence-electron chi connectivity index (χ4n) is 11.0. The van der Waals surface area contributed by atoms with Gasteiger partial charge >= 0.3 is 6.18 Å². The number of carbonyl (C=O) groups excluding carboxylic acids is 2. The molecular weight excluding hydrogens is 923 g/mol. The molecule has 4 aliphatic heterocycles. The molecule has 2 unspecified atom stereocenters. The van der Waals surface area contributed by atoms with Gasteiger partial charge in [-0.1, -0.05) is 23.7 Å². The lowest BCUT2D eigenvalue weighted by molar-refractivity contribution is -0.140. The molecule has 4 N–H and O–H groups in total. The van der Waals surface area contributed by atoms with Crippen LogP contribution < -0.4 is 31.6 Å². The number of hydrogen-bond donors (Lipinski definition) is 4. The van der Waals surface area contributed by atoms with Gasteiger partial charge in [0.2, 0.25) is 0 Å². The topological polar surface area (TPSA) is 176 Å². The Hall–Kier alpha value is -6.37. The van der Waals surface area contributed by atoms with Gasteiger partial charge in [-0.05, 0) is 118 Å². The summed E-state index contributed by atoms with van der Waals surface area (Å²) in [6, 6.07) is 19.8. The van der Waals surface area contributed by atoms with Crippen LogP contribution in [0.5, 0.6) is 0 Å². The number of likely N-dealkylation sites (tertiary alicyclic amines) is 2. The number of fused-ring (bicyclic) bond motifs is 2. The minimum atomic E-state index is -4.72. The number of pyridine rings is 3. The molecule has 8 heterocycles. The summed E-state index contributed by atoms with van der Waals surface area (Å²) < 4.78 is 42.2. The molecule has 2 amide bonds. The number of H-pyrrole nitrogens is 2. The van der Waals surface area contributed by atoms with Crippen molar-refractivity contribution in [2.75, 3.05) is 69.2 Å². The number of halogens is 4. The number of anilines is 2. The highest BCUT2D eigenvalue weighted by Crippen LogP contribution is 2.38. The van der Waals surface area contributed by atoms with Gasteiger partial charge in [-0.2, -0.15) is 13.2 Å². The maximum absolute atomic E-state index is 14.1. The molecule has 4 aliphatic rings. The number of aromatic nitrogens is 5. The van der Waals surface area contributed by atoms with Gasteiger partial charge in [-0.3, -0.25) is 29.0 Å². The van der Waals surface area contributed by atoms with Crippen molar-refractivity contribution in [1.82, 2.24) is 45.4 Å². The highest BCUT2D eigenvalue weighted by atomic mass is 35.5. The Morgan fingerprint density at radius 3 is 2.17 bits per heavy atom. The first kappa shape index (κ1) is 47.3. The maximum atomic E-state index is 14.1. The van der Waals surface area contributed by atoms with Crippen LogP contribution in [0.15, 0.2) is 82.5 Å². The van der Waals surface area contributed by atoms with Crippen LogP contribution >= 0.6 is 11.6 Å². The van der Waals surface area contributed by atoms with Crippen LogP contribution in [0.3, 0.4) is 0 Å². The molecule has 0 spiro atoms. The lowest BCUT2D eigenvalue weighted by Crippen LogP contribution is -2.48. The number of nitrogens with zero attached hydrogens (tertiary/aromatic N) is 7. The molecule has 2 atom stereocenters. The second-order valence-corrected chi connectivity index (χ2v) is 19.4. The van der Waals surface area contributed by atoms with E-state index in [2.05, 4.69) is 45.3 Å². The Bertz CT molecular complexity index is 3040. The molecule has 10 rings (SSSR count). The standard InChI is InChI=1S/C51H55ClF3N11O4/c1-56-49(69)41-11-12-44(45(59-41)51(53,54)55)64-22-16-33(17-23-64)65-18-3-4-32(29-65)46-60-43-24-30(7-9-37(43)48(68)62-46)26-58-50(70)40-10-8-35(27-57-40)63-20-14-34(15-21-63)66-19-13-31(28-66)42-25-38-36(47(67)61-42)5-2-6-39(38)52/h2,5-12,24-25,27,31-34H,3-4,13-23,26,28-29H2,1H3,(H,56,69)(H,58,70)(H,61,67)(H,60,62,68). The molecule has 2 aromatic carbocycles. The largest absolute Gasteiger partial charge is 0.435 e. The summed E-state index contributed by atoms with van der Waals surface area (Å²) in [6.45, 7) is 6.13. The lowest BCUT2D eigenvalue weighted by atomic mass is 9.93. The average Bonchev–Trinajstić information content (AvgIpc) is 3.88. The predicted molar refractivity (Wildman–Crippen MR) is 263 cm³/mol. The van der Waals surface area contributed by atoms with E-state index in [9.17, 15) is 32.3 Å². The fraction of sp³-hybridized carbons (Fsp3) is 0.431. The summed E-state index contributed by atoms with van der Waals surface area (Å²) in [7, 11) is 1.35. The number of hydrogen-bond acceptors (Lipinski definition) is 11. The molecule has 6 aromatic rings. The van der Waals surface area contributed by atoms with E-state index in [-0.39, 0.29) is 52.8 Å². The third-order valence-electron chi connectivity index (χ3n) is 14.8. The molecule has 0 aliphatic carbocycles. The Morgan fingerprint density at radius 1 is 0.729 bits per heavy atom. The van der Waals surface area contributed by atoms with Crippen LogP contribution in [-0.2, 0) is 12.7 Å². The second-order valence-electron chi connectivity index (χ2n) is 19.0. The first-order valence-electron chi connectivity index (χ1n) is 24.2. The monoisotopic (exact) mass is 977 g/mol. The van der Waals surface area contributed by atoms with E-state index < -0.39 is 17.8 Å². The molecule has 4 saturated heterocycles. The van der Waals surface area contributed by atoms with Crippen LogP contribution in [0.4, 0.5) is 24.5 Å². The molecule has 70 heavy (non-hydrogen) atoms. The number of nitrogens with one attached hydrogen (secondary N) is 4. The van der Waals surface area contributed by atoms with Crippen LogP contribution in [0.1, 0.15) is 101 Å². The molecule has 4 aromatic heterocycles. The number of benzene rings is 2. The van der Waals surface area contributed by atoms with Crippen molar-refractivity contribution < 1.29 is 22.8 Å². The number of alkyl halides is 3. The normalized spacial score (nSPS) is 20.1. The van der Waals surface area contributed by atoms with E-state index in [4.69, 9.17) is 16.6 Å². The SMILES string of the molecule is CNC(=O)c1ccc(N2CCC(N3CCCC(c4nc5cc(CNC(=O)c6ccc(N7CCC(N8CCC(c9cc%10c(Cl)cccc%10c(=O)[nH]9)C8)CC7)cn6)ccc5c(=O)[nH]4)C3)CC2)c(C(F)(F)F)n1. The minimum Gasteiger partial charge on any atom is -0.370 e. The van der Waals surface area contributed by atoms with E-state index >= 15 is 0 Å². The van der Waals surface area contributed by atoms with Gasteiger partial charge in [0.15, 0.2) is 5.69 Å². The van der Waals surface area contributed by atoms with Gasteiger partial charge in [0.25, 0.3) is 22.9 Å². The zero-order valence-electron chi connectivity index (χ0n) is 38.8. The summed E-state index contributed by atoms with van der Waals surface area (Å²) in [6.07, 6.45) is 3.02. The highest BCUT2D eigenvalue weighted by Gasteiger charge is 2.39. The lowest BCUT2D eigenvalue weighted by Gasteiger charge is -2.43. The molecule has 0 saturated carbocycles. The third kappa shape index (κ3) is 9.85. The highest BCUT2D eigenvalue weighted by molar-refractivity contribution is 6.35. The molecule has 366 valence electrons. The first-order valence-corrected chi connectivity index (χ1v) is 24.5. The van der Waals surface area contributed by atoms with Crippen LogP contribution in [0, 0.1) is 0 Å². The number of piperidine rings is 3. The second kappa shape index (κ2) is 19.8. The summed E-state index contributed by atoms with van der Waals surface area (Å²) in [5, 5.41) is 7.74. The summed E-state index contributed by atoms with van der Waals surface area (Å²) >= 11 is 6.45. The smallest absolute Gasteiger partial charge is 0.370 e. The number of rotatable bonds is 10. The van der Waals surface area contributed by atoms with E-state index in [1.54, 1.807) is 41.4 Å². The Kier molecular flexibility index (Phi) is 13.4. The molecule has 15 nitrogen and oxygen atoms in total. The van der Waals surface area contributed by atoms with Crippen LogP contribution in [0.25, 0.3) is 21.7 Å². The van der Waals surface area contributed by atoms with Gasteiger partial charge in [-0.25, -0.2) is 15.0 Å². The Morgan fingerprint density at radius 2 is 1.44 bits per heavy atom. The fourth-order valence-corrected chi connectivity index (χ4v) is 11.3. The van der Waals surface area contributed by atoms with E-state index in [0.717, 1.165) is 87.2 Å². The van der Waals surface area contributed by atoms with Gasteiger partial charge < -0.3 is 30.4 Å². The maximum Gasteiger partial charge on any atom is 0.435 e. The van der Waals surface area contributed by atoms with Crippen molar-refractivity contribution in [3.05, 3.63) is 133 Å². The van der Waals surface area contributed by atoms with Gasteiger partial charge in [0, 0.05) is 98.3 Å². The van der Waals surface area contributed by atoms with Gasteiger partial charge in [0.05, 0.1) is 28.5 Å². The Balaban J connectivity index is 0.712. The van der Waals surface area contributed by atoms with Crippen molar-refractivity contribution in [3.63, 3.8) is 0 Å². The minimum absolute atomic E-state index is 0.0274. The first-order chi connectivity index (χ1) is 33.8. The number of carbonyl (C=O) groups is 2. The summed E-state index contributed by atoms with van der Waals surface area (Å²) in [5.74, 6) is -0.192. The van der Waals surface area contributed by atoms with Crippen molar-refractivity contribution in [2.45, 2.75) is 81.6 Å². The van der Waals surface area contributed by atoms with Crippen molar-refractivity contribution in [2.24, 2.45) is 0 Å². The quantitative estimate of drug-likeness (QED) is 0.113. The summed E-state index contributed by atoms with van der Waals surface area (Å²) in [5.41, 5.74) is 1.83. The zero-order chi connectivity index (χ0) is 48.7. The molecule has 0 bridgehead atoms. The van der Waals surface area contributed by atoms with E-state index in [0.29, 0.717) is 71.3 Å². The van der Waals surface area contributed by atoms with Gasteiger partial charge in [0.1, 0.15) is 17.2 Å². The molecule has 19 heteroatoms. The average molecular weight is 979 g/mol. The number of amides is 2. The Labute approximate surface area is 406 Å². The van der Waals surface area contributed by atoms with E-state index in [1.807, 2.05) is 24.3 Å². The van der Waals surface area contributed by atoms with Crippen molar-refractivity contribution in [1.29, 1.82) is 0 Å².